The Morgan fingerprint density at radius 1 is 1.69 bits per heavy atom. The highest BCUT2D eigenvalue weighted by Crippen LogP contribution is 2.06. The maximum Gasteiger partial charge on any atom is 0.328 e. The summed E-state index contributed by atoms with van der Waals surface area (Å²) in [7, 11) is 1.61. The molecule has 0 bridgehead atoms. The summed E-state index contributed by atoms with van der Waals surface area (Å²) in [5, 5.41) is 12.1. The second-order valence-corrected chi connectivity index (χ2v) is 2.40. The highest BCUT2D eigenvalue weighted by Gasteiger charge is 2.03. The fourth-order valence-corrected chi connectivity index (χ4v) is 0.898. The fraction of sp³-hybridized carbons (Fsp3) is 0.125. The van der Waals surface area contributed by atoms with Gasteiger partial charge in [-0.05, 0) is 6.08 Å². The molecule has 0 saturated carbocycles. The molecule has 0 radical (unpaired) electrons. The van der Waals surface area contributed by atoms with Gasteiger partial charge in [-0.25, -0.2) is 4.79 Å². The van der Waals surface area contributed by atoms with Gasteiger partial charge in [-0.2, -0.15) is 5.10 Å². The molecule has 1 aromatic heterocycles. The number of carbonyl (C=O) groups is 2. The third kappa shape index (κ3) is 2.02. The molecule has 0 aromatic carbocycles. The number of nitrogens with zero attached hydrogens (tertiary/aromatic N) is 2. The molecule has 0 fully saturated rings. The maximum atomic E-state index is 10.5. The number of rotatable bonds is 3. The summed E-state index contributed by atoms with van der Waals surface area (Å²) in [4.78, 5) is 20.7. The SMILES string of the molecule is Cn1ncc(/C=C/C(=O)O)c1C=O. The van der Waals surface area contributed by atoms with Crippen molar-refractivity contribution >= 4 is 18.3 Å². The number of aliphatic carboxylic acids is 1. The van der Waals surface area contributed by atoms with Gasteiger partial charge in [-0.15, -0.1) is 0 Å². The molecule has 0 aliphatic rings. The van der Waals surface area contributed by atoms with E-state index >= 15 is 0 Å². The molecule has 1 rings (SSSR count). The molecule has 0 aliphatic heterocycles. The van der Waals surface area contributed by atoms with Crippen LogP contribution in [0.25, 0.3) is 6.08 Å². The lowest BCUT2D eigenvalue weighted by Gasteiger charge is -1.91. The van der Waals surface area contributed by atoms with E-state index in [2.05, 4.69) is 5.10 Å². The molecular formula is C8H8N2O3. The third-order valence-corrected chi connectivity index (χ3v) is 1.53. The largest absolute Gasteiger partial charge is 0.478 e. The van der Waals surface area contributed by atoms with Crippen LogP contribution in [0.3, 0.4) is 0 Å². The van der Waals surface area contributed by atoms with Crippen molar-refractivity contribution in [3.63, 3.8) is 0 Å². The summed E-state index contributed by atoms with van der Waals surface area (Å²) in [5.41, 5.74) is 0.859. The zero-order valence-electron chi connectivity index (χ0n) is 6.97. The molecule has 5 nitrogen and oxygen atoms in total. The predicted molar refractivity (Wildman–Crippen MR) is 45.3 cm³/mol. The lowest BCUT2D eigenvalue weighted by molar-refractivity contribution is -0.131. The molecule has 0 spiro atoms. The van der Waals surface area contributed by atoms with Gasteiger partial charge < -0.3 is 5.11 Å². The number of aromatic nitrogens is 2. The predicted octanol–water partition coefficient (Wildman–Crippen LogP) is 0.330. The second-order valence-electron chi connectivity index (χ2n) is 2.40. The van der Waals surface area contributed by atoms with Crippen LogP contribution in [0, 0.1) is 0 Å². The summed E-state index contributed by atoms with van der Waals surface area (Å²) < 4.78 is 1.38. The van der Waals surface area contributed by atoms with E-state index in [0.717, 1.165) is 6.08 Å². The lowest BCUT2D eigenvalue weighted by atomic mass is 10.2. The highest BCUT2D eigenvalue weighted by molar-refractivity contribution is 5.88. The Balaban J connectivity index is 3.01. The minimum atomic E-state index is -1.05. The van der Waals surface area contributed by atoms with Crippen molar-refractivity contribution < 1.29 is 14.7 Å². The Bertz CT molecular complexity index is 365. The monoisotopic (exact) mass is 180 g/mol. The zero-order chi connectivity index (χ0) is 9.84. The summed E-state index contributed by atoms with van der Waals surface area (Å²) in [6, 6.07) is 0. The van der Waals surface area contributed by atoms with Gasteiger partial charge in [0.25, 0.3) is 0 Å². The Morgan fingerprint density at radius 3 is 2.92 bits per heavy atom. The smallest absolute Gasteiger partial charge is 0.328 e. The van der Waals surface area contributed by atoms with Gasteiger partial charge in [0.2, 0.25) is 0 Å². The van der Waals surface area contributed by atoms with Crippen molar-refractivity contribution in [1.29, 1.82) is 0 Å². The minimum absolute atomic E-state index is 0.359. The summed E-state index contributed by atoms with van der Waals surface area (Å²) in [6.45, 7) is 0. The van der Waals surface area contributed by atoms with E-state index in [1.807, 2.05) is 0 Å². The fourth-order valence-electron chi connectivity index (χ4n) is 0.898. The highest BCUT2D eigenvalue weighted by atomic mass is 16.4. The van der Waals surface area contributed by atoms with E-state index in [0.29, 0.717) is 17.5 Å². The third-order valence-electron chi connectivity index (χ3n) is 1.53. The Morgan fingerprint density at radius 2 is 2.38 bits per heavy atom. The second kappa shape index (κ2) is 3.66. The van der Waals surface area contributed by atoms with Crippen LogP contribution < -0.4 is 0 Å². The maximum absolute atomic E-state index is 10.5. The molecule has 0 unspecified atom stereocenters. The number of aldehydes is 1. The van der Waals surface area contributed by atoms with E-state index in [1.165, 1.54) is 17.0 Å². The molecule has 68 valence electrons. The van der Waals surface area contributed by atoms with E-state index in [-0.39, 0.29) is 0 Å². The summed E-state index contributed by atoms with van der Waals surface area (Å²) in [5.74, 6) is -1.05. The van der Waals surface area contributed by atoms with E-state index in [9.17, 15) is 9.59 Å². The molecule has 0 amide bonds. The zero-order valence-corrected chi connectivity index (χ0v) is 6.97. The number of aryl methyl sites for hydroxylation is 1. The number of hydrogen-bond acceptors (Lipinski definition) is 3. The minimum Gasteiger partial charge on any atom is -0.478 e. The first kappa shape index (κ1) is 9.18. The van der Waals surface area contributed by atoms with Crippen molar-refractivity contribution in [3.05, 3.63) is 23.5 Å². The van der Waals surface area contributed by atoms with Crippen molar-refractivity contribution in [2.24, 2.45) is 7.05 Å². The standard InChI is InChI=1S/C8H8N2O3/c1-10-7(5-11)6(4-9-10)2-3-8(12)13/h2-5H,1H3,(H,12,13)/b3-2+. The first-order valence-electron chi connectivity index (χ1n) is 3.53. The number of carbonyl (C=O) groups excluding carboxylic acids is 1. The van der Waals surface area contributed by atoms with Crippen LogP contribution in [-0.4, -0.2) is 27.1 Å². The Kier molecular flexibility index (Phi) is 2.59. The molecule has 0 aliphatic carbocycles. The first-order valence-corrected chi connectivity index (χ1v) is 3.53. The van der Waals surface area contributed by atoms with Crippen LogP contribution in [-0.2, 0) is 11.8 Å². The topological polar surface area (TPSA) is 72.2 Å². The van der Waals surface area contributed by atoms with Crippen molar-refractivity contribution in [3.8, 4) is 0 Å². The van der Waals surface area contributed by atoms with Gasteiger partial charge in [-0.1, -0.05) is 0 Å². The summed E-state index contributed by atoms with van der Waals surface area (Å²) >= 11 is 0. The van der Waals surface area contributed by atoms with Crippen LogP contribution in [0.1, 0.15) is 16.1 Å². The van der Waals surface area contributed by atoms with E-state index in [4.69, 9.17) is 5.11 Å². The van der Waals surface area contributed by atoms with Crippen molar-refractivity contribution in [1.82, 2.24) is 9.78 Å². The molecule has 0 saturated heterocycles. The molecular weight excluding hydrogens is 172 g/mol. The normalized spacial score (nSPS) is 10.5. The van der Waals surface area contributed by atoms with Gasteiger partial charge >= 0.3 is 5.97 Å². The van der Waals surface area contributed by atoms with E-state index < -0.39 is 5.97 Å². The first-order chi connectivity index (χ1) is 6.15. The molecule has 5 heteroatoms. The summed E-state index contributed by atoms with van der Waals surface area (Å²) in [6.07, 6.45) is 4.36. The number of hydrogen-bond donors (Lipinski definition) is 1. The van der Waals surface area contributed by atoms with Gasteiger partial charge in [-0.3, -0.25) is 9.48 Å². The quantitative estimate of drug-likeness (QED) is 0.537. The van der Waals surface area contributed by atoms with Crippen LogP contribution in [0.5, 0.6) is 0 Å². The number of carboxylic acids is 1. The molecule has 13 heavy (non-hydrogen) atoms. The molecule has 1 heterocycles. The van der Waals surface area contributed by atoms with Gasteiger partial charge in [0.05, 0.1) is 6.20 Å². The molecule has 1 aromatic rings. The average Bonchev–Trinajstić information content (AvgIpc) is 2.42. The van der Waals surface area contributed by atoms with Crippen LogP contribution >= 0.6 is 0 Å². The van der Waals surface area contributed by atoms with Crippen LogP contribution in [0.15, 0.2) is 12.3 Å². The van der Waals surface area contributed by atoms with Crippen LogP contribution in [0.4, 0.5) is 0 Å². The Labute approximate surface area is 74.3 Å². The molecule has 1 N–H and O–H groups in total. The average molecular weight is 180 g/mol. The van der Waals surface area contributed by atoms with Gasteiger partial charge in [0.15, 0.2) is 6.29 Å². The van der Waals surface area contributed by atoms with Gasteiger partial charge in [0, 0.05) is 18.7 Å². The van der Waals surface area contributed by atoms with Crippen molar-refractivity contribution in [2.75, 3.05) is 0 Å². The van der Waals surface area contributed by atoms with Gasteiger partial charge in [0.1, 0.15) is 5.69 Å². The lowest BCUT2D eigenvalue weighted by Crippen LogP contribution is -1.97. The molecule has 0 atom stereocenters. The van der Waals surface area contributed by atoms with Crippen LogP contribution in [0.2, 0.25) is 0 Å². The van der Waals surface area contributed by atoms with Crippen molar-refractivity contribution in [2.45, 2.75) is 0 Å². The van der Waals surface area contributed by atoms with E-state index in [1.54, 1.807) is 7.05 Å². The number of carboxylic acid groups (broad SMARTS) is 1. The Hall–Kier alpha value is -1.91.